The van der Waals surface area contributed by atoms with E-state index in [1.807, 2.05) is 26.0 Å². The monoisotopic (exact) mass is 444 g/mol. The third kappa shape index (κ3) is 6.08. The van der Waals surface area contributed by atoms with E-state index in [1.54, 1.807) is 25.2 Å². The number of rotatable bonds is 6. The zero-order valence-electron chi connectivity index (χ0n) is 14.5. The second-order valence-electron chi connectivity index (χ2n) is 5.75. The average Bonchev–Trinajstić information content (AvgIpc) is 3.10. The maximum atomic E-state index is 5.39. The lowest BCUT2D eigenvalue weighted by molar-refractivity contribution is 0.0268. The molecule has 0 aliphatic rings. The predicted molar refractivity (Wildman–Crippen MR) is 106 cm³/mol. The van der Waals surface area contributed by atoms with Crippen LogP contribution in [0.1, 0.15) is 19.4 Å². The highest BCUT2D eigenvalue weighted by molar-refractivity contribution is 14.0. The van der Waals surface area contributed by atoms with Crippen LogP contribution in [0.4, 0.5) is 0 Å². The minimum absolute atomic E-state index is 0. The molecule has 1 heterocycles. The third-order valence-corrected chi connectivity index (χ3v) is 3.54. The van der Waals surface area contributed by atoms with Crippen molar-refractivity contribution in [1.82, 2.24) is 25.4 Å². The smallest absolute Gasteiger partial charge is 0.191 e. The Hall–Kier alpha value is -1.68. The van der Waals surface area contributed by atoms with E-state index >= 15 is 0 Å². The molecule has 2 rings (SSSR count). The fraction of sp³-hybridized carbons (Fsp3) is 0.438. The Morgan fingerprint density at radius 1 is 1.25 bits per heavy atom. The summed E-state index contributed by atoms with van der Waals surface area (Å²) in [6.45, 7) is 5.41. The molecule has 0 atom stereocenters. The quantitative estimate of drug-likeness (QED) is 0.405. The Morgan fingerprint density at radius 3 is 2.50 bits per heavy atom. The molecule has 0 aliphatic carbocycles. The first kappa shape index (κ1) is 20.4. The fourth-order valence-corrected chi connectivity index (χ4v) is 1.88. The molecule has 2 N–H and O–H groups in total. The zero-order chi connectivity index (χ0) is 16.7. The van der Waals surface area contributed by atoms with Crippen molar-refractivity contribution in [2.45, 2.75) is 26.0 Å². The lowest BCUT2D eigenvalue weighted by Crippen LogP contribution is -2.45. The van der Waals surface area contributed by atoms with Crippen molar-refractivity contribution in [2.75, 3.05) is 20.7 Å². The van der Waals surface area contributed by atoms with Crippen LogP contribution in [0, 0.1) is 0 Å². The molecule has 0 amide bonds. The van der Waals surface area contributed by atoms with Gasteiger partial charge in [-0.05, 0) is 31.5 Å². The molecule has 2 aromatic rings. The molecule has 7 nitrogen and oxygen atoms in total. The van der Waals surface area contributed by atoms with Crippen molar-refractivity contribution in [2.24, 2.45) is 4.99 Å². The van der Waals surface area contributed by atoms with Gasteiger partial charge in [0.15, 0.2) is 5.96 Å². The Bertz CT molecular complexity index is 625. The normalized spacial score (nSPS) is 11.8. The molecule has 0 aliphatic heterocycles. The minimum Gasteiger partial charge on any atom is -0.377 e. The number of benzene rings is 1. The Kier molecular flexibility index (Phi) is 8.13. The van der Waals surface area contributed by atoms with Crippen LogP contribution in [0.5, 0.6) is 0 Å². The van der Waals surface area contributed by atoms with Gasteiger partial charge >= 0.3 is 0 Å². The molecule has 1 aromatic heterocycles. The standard InChI is InChI=1S/C16H24N6O.HI/c1-16(2,23-4)10-20-15(17-3)19-9-13-5-7-14(8-6-13)22-12-18-11-21-22;/h5-8,11-12H,9-10H2,1-4H3,(H2,17,19,20);1H. The van der Waals surface area contributed by atoms with Crippen LogP contribution in [0.15, 0.2) is 41.9 Å². The first-order valence-electron chi connectivity index (χ1n) is 7.48. The van der Waals surface area contributed by atoms with Gasteiger partial charge in [0, 0.05) is 27.2 Å². The van der Waals surface area contributed by atoms with Gasteiger partial charge in [-0.2, -0.15) is 5.10 Å². The van der Waals surface area contributed by atoms with Crippen LogP contribution in [0.25, 0.3) is 5.69 Å². The average molecular weight is 444 g/mol. The molecular weight excluding hydrogens is 419 g/mol. The van der Waals surface area contributed by atoms with Crippen molar-refractivity contribution >= 4 is 29.9 Å². The van der Waals surface area contributed by atoms with Gasteiger partial charge in [-0.3, -0.25) is 4.99 Å². The molecule has 0 fully saturated rings. The van der Waals surface area contributed by atoms with Crippen molar-refractivity contribution in [3.05, 3.63) is 42.5 Å². The van der Waals surface area contributed by atoms with Crippen LogP contribution >= 0.6 is 24.0 Å². The summed E-state index contributed by atoms with van der Waals surface area (Å²) in [6.07, 6.45) is 3.20. The summed E-state index contributed by atoms with van der Waals surface area (Å²) in [5.74, 6) is 0.746. The van der Waals surface area contributed by atoms with E-state index in [4.69, 9.17) is 4.74 Å². The molecule has 1 aromatic carbocycles. The zero-order valence-corrected chi connectivity index (χ0v) is 16.8. The number of guanidine groups is 1. The van der Waals surface area contributed by atoms with E-state index in [1.165, 1.54) is 6.33 Å². The molecule has 0 spiro atoms. The summed E-state index contributed by atoms with van der Waals surface area (Å²) in [7, 11) is 3.46. The van der Waals surface area contributed by atoms with Gasteiger partial charge in [-0.25, -0.2) is 9.67 Å². The van der Waals surface area contributed by atoms with Crippen LogP contribution in [0.3, 0.4) is 0 Å². The second kappa shape index (κ2) is 9.58. The molecule has 0 bridgehead atoms. The van der Waals surface area contributed by atoms with Crippen molar-refractivity contribution in [1.29, 1.82) is 0 Å². The molecule has 0 saturated carbocycles. The summed E-state index contributed by atoms with van der Waals surface area (Å²) in [5.41, 5.74) is 1.90. The number of methoxy groups -OCH3 is 1. The largest absolute Gasteiger partial charge is 0.377 e. The Balaban J connectivity index is 0.00000288. The van der Waals surface area contributed by atoms with Crippen LogP contribution < -0.4 is 10.6 Å². The van der Waals surface area contributed by atoms with Gasteiger partial charge in [0.25, 0.3) is 0 Å². The minimum atomic E-state index is -0.239. The summed E-state index contributed by atoms with van der Waals surface area (Å²) in [5, 5.41) is 10.6. The van der Waals surface area contributed by atoms with Gasteiger partial charge in [-0.15, -0.1) is 24.0 Å². The molecule has 0 saturated heterocycles. The number of halogens is 1. The first-order valence-corrected chi connectivity index (χ1v) is 7.48. The molecule has 0 unspecified atom stereocenters. The molecular formula is C16H25IN6O. The highest BCUT2D eigenvalue weighted by Gasteiger charge is 2.16. The number of aliphatic imine (C=N–C) groups is 1. The van der Waals surface area contributed by atoms with E-state index in [-0.39, 0.29) is 29.6 Å². The van der Waals surface area contributed by atoms with Crippen LogP contribution in [-0.4, -0.2) is 47.0 Å². The maximum absolute atomic E-state index is 5.39. The predicted octanol–water partition coefficient (Wildman–Crippen LogP) is 1.98. The summed E-state index contributed by atoms with van der Waals surface area (Å²) in [4.78, 5) is 8.16. The number of nitrogens with one attached hydrogen (secondary N) is 2. The highest BCUT2D eigenvalue weighted by atomic mass is 127. The number of ether oxygens (including phenoxy) is 1. The molecule has 8 heteroatoms. The SMILES string of the molecule is CN=C(NCc1ccc(-n2cncn2)cc1)NCC(C)(C)OC.I. The number of nitrogens with zero attached hydrogens (tertiary/aromatic N) is 4. The Morgan fingerprint density at radius 2 is 1.96 bits per heavy atom. The lowest BCUT2D eigenvalue weighted by atomic mass is 10.1. The number of aromatic nitrogens is 3. The summed E-state index contributed by atoms with van der Waals surface area (Å²) < 4.78 is 7.11. The van der Waals surface area contributed by atoms with Gasteiger partial charge in [0.05, 0.1) is 11.3 Å². The van der Waals surface area contributed by atoms with Crippen molar-refractivity contribution in [3.63, 3.8) is 0 Å². The van der Waals surface area contributed by atoms with Gasteiger partial charge < -0.3 is 15.4 Å². The molecule has 24 heavy (non-hydrogen) atoms. The number of hydrogen-bond donors (Lipinski definition) is 2. The molecule has 132 valence electrons. The number of hydrogen-bond acceptors (Lipinski definition) is 4. The summed E-state index contributed by atoms with van der Waals surface area (Å²) >= 11 is 0. The topological polar surface area (TPSA) is 76.4 Å². The first-order chi connectivity index (χ1) is 11.0. The van der Waals surface area contributed by atoms with Gasteiger partial charge in [0.1, 0.15) is 12.7 Å². The Labute approximate surface area is 159 Å². The maximum Gasteiger partial charge on any atom is 0.191 e. The van der Waals surface area contributed by atoms with Crippen LogP contribution in [0.2, 0.25) is 0 Å². The van der Waals surface area contributed by atoms with E-state index in [9.17, 15) is 0 Å². The van der Waals surface area contributed by atoms with Gasteiger partial charge in [-0.1, -0.05) is 12.1 Å². The molecule has 0 radical (unpaired) electrons. The third-order valence-electron chi connectivity index (χ3n) is 3.54. The van der Waals surface area contributed by atoms with Crippen molar-refractivity contribution < 1.29 is 4.74 Å². The van der Waals surface area contributed by atoms with E-state index in [0.717, 1.165) is 17.2 Å². The van der Waals surface area contributed by atoms with E-state index in [2.05, 4.69) is 37.8 Å². The fourth-order valence-electron chi connectivity index (χ4n) is 1.88. The summed E-state index contributed by atoms with van der Waals surface area (Å²) in [6, 6.07) is 8.12. The van der Waals surface area contributed by atoms with E-state index < -0.39 is 0 Å². The van der Waals surface area contributed by atoms with E-state index in [0.29, 0.717) is 13.1 Å². The highest BCUT2D eigenvalue weighted by Crippen LogP contribution is 2.08. The second-order valence-corrected chi connectivity index (χ2v) is 5.75. The lowest BCUT2D eigenvalue weighted by Gasteiger charge is -2.24. The van der Waals surface area contributed by atoms with Gasteiger partial charge in [0.2, 0.25) is 0 Å². The van der Waals surface area contributed by atoms with Crippen molar-refractivity contribution in [3.8, 4) is 5.69 Å². The van der Waals surface area contributed by atoms with Crippen LogP contribution in [-0.2, 0) is 11.3 Å².